The Hall–Kier alpha value is -2.45. The molecule has 0 saturated carbocycles. The molecule has 2 aliphatic heterocycles. The van der Waals surface area contributed by atoms with Gasteiger partial charge < -0.3 is 24.6 Å². The number of nitrogens with zero attached hydrogens (tertiary/aromatic N) is 2. The van der Waals surface area contributed by atoms with Gasteiger partial charge in [0.05, 0.1) is 18.8 Å². The van der Waals surface area contributed by atoms with E-state index in [2.05, 4.69) is 16.9 Å². The third kappa shape index (κ3) is 8.96. The first-order valence-electron chi connectivity index (χ1n) is 9.07. The van der Waals surface area contributed by atoms with Crippen molar-refractivity contribution >= 4 is 11.9 Å². The van der Waals surface area contributed by atoms with Gasteiger partial charge in [0.25, 0.3) is 0 Å². The molecule has 2 saturated heterocycles. The van der Waals surface area contributed by atoms with Crippen LogP contribution in [0.25, 0.3) is 0 Å². The SMILES string of the molecule is CN1CC2(C1)OCCC2COCc1cccnc1.O=C(O)C(F)(F)F.O=C(O)C(F)(F)F. The number of alkyl halides is 6. The lowest BCUT2D eigenvalue weighted by atomic mass is 9.82. The Morgan fingerprint density at radius 1 is 1.19 bits per heavy atom. The van der Waals surface area contributed by atoms with Crippen LogP contribution in [0.2, 0.25) is 0 Å². The normalized spacial score (nSPS) is 19.8. The zero-order valence-electron chi connectivity index (χ0n) is 16.8. The van der Waals surface area contributed by atoms with Gasteiger partial charge in [0.2, 0.25) is 0 Å². The minimum Gasteiger partial charge on any atom is -0.475 e. The van der Waals surface area contributed by atoms with E-state index in [0.29, 0.717) is 12.5 Å². The maximum Gasteiger partial charge on any atom is 0.490 e. The van der Waals surface area contributed by atoms with Crippen molar-refractivity contribution in [1.82, 2.24) is 9.88 Å². The molecule has 182 valence electrons. The number of rotatable bonds is 4. The largest absolute Gasteiger partial charge is 0.490 e. The van der Waals surface area contributed by atoms with E-state index in [1.165, 1.54) is 0 Å². The van der Waals surface area contributed by atoms with Gasteiger partial charge in [0.15, 0.2) is 0 Å². The highest BCUT2D eigenvalue weighted by Crippen LogP contribution is 2.39. The summed E-state index contributed by atoms with van der Waals surface area (Å²) in [6, 6.07) is 3.99. The van der Waals surface area contributed by atoms with Crippen molar-refractivity contribution in [3.05, 3.63) is 30.1 Å². The third-order valence-electron chi connectivity index (χ3n) is 4.47. The molecule has 2 fully saturated rings. The van der Waals surface area contributed by atoms with Crippen LogP contribution in [0, 0.1) is 5.92 Å². The lowest BCUT2D eigenvalue weighted by Gasteiger charge is -2.48. The summed E-state index contributed by atoms with van der Waals surface area (Å²) in [6.45, 7) is 4.43. The zero-order valence-corrected chi connectivity index (χ0v) is 16.8. The van der Waals surface area contributed by atoms with Crippen LogP contribution in [0.15, 0.2) is 24.5 Å². The van der Waals surface area contributed by atoms with Crippen LogP contribution in [0.4, 0.5) is 26.3 Å². The smallest absolute Gasteiger partial charge is 0.475 e. The number of hydrogen-bond acceptors (Lipinski definition) is 6. The molecule has 0 amide bonds. The second-order valence-electron chi connectivity index (χ2n) is 7.05. The molecular weight excluding hydrogens is 454 g/mol. The summed E-state index contributed by atoms with van der Waals surface area (Å²) in [5.41, 5.74) is 1.22. The van der Waals surface area contributed by atoms with Crippen molar-refractivity contribution in [3.63, 3.8) is 0 Å². The summed E-state index contributed by atoms with van der Waals surface area (Å²) in [4.78, 5) is 24.2. The number of carboxylic acid groups (broad SMARTS) is 2. The Morgan fingerprint density at radius 2 is 1.72 bits per heavy atom. The first kappa shape index (κ1) is 27.6. The van der Waals surface area contributed by atoms with E-state index in [1.807, 2.05) is 18.3 Å². The van der Waals surface area contributed by atoms with Crippen molar-refractivity contribution < 1.29 is 55.6 Å². The first-order valence-corrected chi connectivity index (χ1v) is 9.07. The average molecular weight is 476 g/mol. The summed E-state index contributed by atoms with van der Waals surface area (Å²) < 4.78 is 75.2. The number of aromatic nitrogens is 1. The van der Waals surface area contributed by atoms with Crippen molar-refractivity contribution in [2.45, 2.75) is 31.0 Å². The minimum absolute atomic E-state index is 0.0870. The zero-order chi connectivity index (χ0) is 24.6. The number of carbonyl (C=O) groups is 2. The van der Waals surface area contributed by atoms with E-state index in [1.54, 1.807) is 6.20 Å². The molecule has 3 rings (SSSR count). The maximum absolute atomic E-state index is 10.6. The van der Waals surface area contributed by atoms with E-state index in [-0.39, 0.29) is 5.60 Å². The molecule has 1 unspecified atom stereocenters. The van der Waals surface area contributed by atoms with Gasteiger partial charge in [0, 0.05) is 38.0 Å². The first-order chi connectivity index (χ1) is 14.7. The predicted octanol–water partition coefficient (Wildman–Crippen LogP) is 2.59. The average Bonchev–Trinajstić information content (AvgIpc) is 3.05. The highest BCUT2D eigenvalue weighted by Gasteiger charge is 2.51. The summed E-state index contributed by atoms with van der Waals surface area (Å²) in [5.74, 6) is -4.97. The molecule has 1 aromatic rings. The van der Waals surface area contributed by atoms with Crippen molar-refractivity contribution in [1.29, 1.82) is 0 Å². The predicted molar refractivity (Wildman–Crippen MR) is 95.6 cm³/mol. The van der Waals surface area contributed by atoms with Crippen molar-refractivity contribution in [3.8, 4) is 0 Å². The lowest BCUT2D eigenvalue weighted by Crippen LogP contribution is -2.63. The fourth-order valence-corrected chi connectivity index (χ4v) is 3.04. The van der Waals surface area contributed by atoms with E-state index in [0.717, 1.165) is 38.3 Å². The molecule has 1 spiro atoms. The third-order valence-corrected chi connectivity index (χ3v) is 4.47. The van der Waals surface area contributed by atoms with Gasteiger partial charge >= 0.3 is 24.3 Å². The van der Waals surface area contributed by atoms with Crippen LogP contribution in [-0.2, 0) is 25.7 Å². The molecule has 32 heavy (non-hydrogen) atoms. The quantitative estimate of drug-likeness (QED) is 0.639. The molecule has 14 heteroatoms. The number of likely N-dealkylation sites (tertiary alicyclic amines) is 1. The van der Waals surface area contributed by atoms with Gasteiger partial charge in [0.1, 0.15) is 0 Å². The van der Waals surface area contributed by atoms with Crippen LogP contribution < -0.4 is 0 Å². The highest BCUT2D eigenvalue weighted by atomic mass is 19.4. The monoisotopic (exact) mass is 476 g/mol. The molecule has 3 heterocycles. The molecule has 2 N–H and O–H groups in total. The van der Waals surface area contributed by atoms with Gasteiger partial charge in [-0.2, -0.15) is 26.3 Å². The summed E-state index contributed by atoms with van der Waals surface area (Å²) >= 11 is 0. The highest BCUT2D eigenvalue weighted by molar-refractivity contribution is 5.73. The van der Waals surface area contributed by atoms with Crippen LogP contribution >= 0.6 is 0 Å². The molecule has 8 nitrogen and oxygen atoms in total. The number of hydrogen-bond donors (Lipinski definition) is 2. The van der Waals surface area contributed by atoms with Crippen LogP contribution in [-0.4, -0.2) is 83.3 Å². The van der Waals surface area contributed by atoms with Gasteiger partial charge in [-0.05, 0) is 25.1 Å². The fourth-order valence-electron chi connectivity index (χ4n) is 3.04. The van der Waals surface area contributed by atoms with Gasteiger partial charge in [-0.25, -0.2) is 9.59 Å². The number of ether oxygens (including phenoxy) is 2. The molecule has 1 atom stereocenters. The second kappa shape index (κ2) is 11.4. The summed E-state index contributed by atoms with van der Waals surface area (Å²) in [7, 11) is 2.14. The van der Waals surface area contributed by atoms with E-state index in [9.17, 15) is 26.3 Å². The molecule has 0 aliphatic carbocycles. The topological polar surface area (TPSA) is 109 Å². The Labute approximate surface area is 178 Å². The molecule has 0 aromatic carbocycles. The van der Waals surface area contributed by atoms with E-state index < -0.39 is 24.3 Å². The molecular formula is C18H22F6N2O6. The Bertz CT molecular complexity index is 714. The second-order valence-corrected chi connectivity index (χ2v) is 7.05. The number of carboxylic acids is 2. The van der Waals surface area contributed by atoms with Gasteiger partial charge in [-0.3, -0.25) is 4.98 Å². The Kier molecular flexibility index (Phi) is 9.85. The minimum atomic E-state index is -5.08. The molecule has 1 aromatic heterocycles. The van der Waals surface area contributed by atoms with Gasteiger partial charge in [-0.15, -0.1) is 0 Å². The number of likely N-dealkylation sites (N-methyl/N-ethyl adjacent to an activating group) is 1. The van der Waals surface area contributed by atoms with Crippen LogP contribution in [0.1, 0.15) is 12.0 Å². The van der Waals surface area contributed by atoms with Crippen LogP contribution in [0.5, 0.6) is 0 Å². The number of pyridine rings is 1. The molecule has 0 bridgehead atoms. The summed E-state index contributed by atoms with van der Waals surface area (Å²) in [6.07, 6.45) is -5.40. The standard InChI is InChI=1S/C14H20N2O2.2C2HF3O2/c1-16-10-14(11-16)13(4-6-18-14)9-17-8-12-3-2-5-15-7-12;2*3-2(4,5)1(6)7/h2-3,5,7,13H,4,6,8-11H2,1H3;2*(H,6,7). The van der Waals surface area contributed by atoms with E-state index in [4.69, 9.17) is 29.3 Å². The molecule has 0 radical (unpaired) electrons. The van der Waals surface area contributed by atoms with Crippen molar-refractivity contribution in [2.75, 3.05) is 33.4 Å². The Morgan fingerprint density at radius 3 is 2.12 bits per heavy atom. The molecule has 2 aliphatic rings. The number of aliphatic carboxylic acids is 2. The van der Waals surface area contributed by atoms with Gasteiger partial charge in [-0.1, -0.05) is 6.07 Å². The van der Waals surface area contributed by atoms with Crippen LogP contribution in [0.3, 0.4) is 0 Å². The number of halogens is 6. The Balaban J connectivity index is 0.000000305. The van der Waals surface area contributed by atoms with Crippen molar-refractivity contribution in [2.24, 2.45) is 5.92 Å². The van der Waals surface area contributed by atoms with E-state index >= 15 is 0 Å². The lowest BCUT2D eigenvalue weighted by molar-refractivity contribution is -0.193. The maximum atomic E-state index is 10.6. The summed E-state index contributed by atoms with van der Waals surface area (Å²) in [5, 5.41) is 14.2. The fraction of sp³-hybridized carbons (Fsp3) is 0.611.